The molecule has 0 atom stereocenters. The molecule has 2 rings (SSSR count). The number of nitrogen functional groups attached to an aromatic ring is 1. The fourth-order valence-corrected chi connectivity index (χ4v) is 2.18. The van der Waals surface area contributed by atoms with Crippen LogP contribution in [0.2, 0.25) is 0 Å². The fourth-order valence-electron chi connectivity index (χ4n) is 1.84. The molecule has 98 valence electrons. The highest BCUT2D eigenvalue weighted by molar-refractivity contribution is 9.10. The van der Waals surface area contributed by atoms with Gasteiger partial charge < -0.3 is 5.73 Å². The number of rotatable bonds is 3. The molecule has 0 radical (unpaired) electrons. The van der Waals surface area contributed by atoms with E-state index in [1.165, 1.54) is 6.07 Å². The van der Waals surface area contributed by atoms with E-state index in [2.05, 4.69) is 15.9 Å². The molecule has 4 heteroatoms. The lowest BCUT2D eigenvalue weighted by Crippen LogP contribution is -2.08. The molecule has 2 nitrogen and oxygen atoms in total. The number of anilines is 1. The van der Waals surface area contributed by atoms with Crippen LogP contribution in [0.25, 0.3) is 0 Å². The first-order valence-electron chi connectivity index (χ1n) is 5.80. The second kappa shape index (κ2) is 5.53. The monoisotopic (exact) mass is 321 g/mol. The zero-order valence-corrected chi connectivity index (χ0v) is 12.0. The van der Waals surface area contributed by atoms with E-state index in [9.17, 15) is 9.18 Å². The summed E-state index contributed by atoms with van der Waals surface area (Å²) in [7, 11) is 0. The van der Waals surface area contributed by atoms with Crippen LogP contribution in [0.5, 0.6) is 0 Å². The third-order valence-corrected chi connectivity index (χ3v) is 3.37. The maximum atomic E-state index is 13.7. The first-order chi connectivity index (χ1) is 8.97. The smallest absolute Gasteiger partial charge is 0.169 e. The van der Waals surface area contributed by atoms with E-state index in [0.29, 0.717) is 21.3 Å². The van der Waals surface area contributed by atoms with Crippen molar-refractivity contribution in [3.63, 3.8) is 0 Å². The predicted octanol–water partition coefficient (Wildman–Crippen LogP) is 3.90. The van der Waals surface area contributed by atoms with Gasteiger partial charge in [-0.05, 0) is 36.8 Å². The van der Waals surface area contributed by atoms with Gasteiger partial charge in [0.05, 0.1) is 0 Å². The van der Waals surface area contributed by atoms with Crippen molar-refractivity contribution in [2.45, 2.75) is 13.3 Å². The van der Waals surface area contributed by atoms with Gasteiger partial charge in [-0.15, -0.1) is 0 Å². The summed E-state index contributed by atoms with van der Waals surface area (Å²) in [5.41, 5.74) is 7.98. The molecule has 0 fully saturated rings. The Balaban J connectivity index is 2.28. The van der Waals surface area contributed by atoms with Crippen molar-refractivity contribution >= 4 is 27.4 Å². The number of ketones is 1. The van der Waals surface area contributed by atoms with E-state index < -0.39 is 5.82 Å². The van der Waals surface area contributed by atoms with E-state index in [1.807, 2.05) is 13.0 Å². The molecule has 2 N–H and O–H groups in total. The predicted molar refractivity (Wildman–Crippen MR) is 77.7 cm³/mol. The molecule has 0 unspecified atom stereocenters. The van der Waals surface area contributed by atoms with Crippen LogP contribution in [0.15, 0.2) is 40.9 Å². The van der Waals surface area contributed by atoms with Crippen LogP contribution in [0.4, 0.5) is 10.1 Å². The summed E-state index contributed by atoms with van der Waals surface area (Å²) in [6, 6.07) is 9.93. The number of nitrogens with two attached hydrogens (primary N) is 1. The third kappa shape index (κ3) is 3.20. The van der Waals surface area contributed by atoms with E-state index in [0.717, 1.165) is 5.56 Å². The first kappa shape index (κ1) is 13.7. The minimum Gasteiger partial charge on any atom is -0.398 e. The van der Waals surface area contributed by atoms with Crippen molar-refractivity contribution < 1.29 is 9.18 Å². The average molecular weight is 322 g/mol. The fraction of sp³-hybridized carbons (Fsp3) is 0.133. The number of carbonyl (C=O) groups excluding carboxylic acids is 1. The SMILES string of the molecule is Cc1ccc(N)c(C(=O)Cc2ccc(Br)cc2F)c1. The molecular weight excluding hydrogens is 309 g/mol. The van der Waals surface area contributed by atoms with Crippen LogP contribution in [0.1, 0.15) is 21.5 Å². The van der Waals surface area contributed by atoms with Crippen LogP contribution in [0, 0.1) is 12.7 Å². The molecule has 2 aromatic rings. The zero-order chi connectivity index (χ0) is 14.0. The standard InChI is InChI=1S/C15H13BrFNO/c1-9-2-5-14(18)12(6-9)15(19)7-10-3-4-11(16)8-13(10)17/h2-6,8H,7,18H2,1H3. The Morgan fingerprint density at radius 3 is 2.68 bits per heavy atom. The molecule has 2 aromatic carbocycles. The number of hydrogen-bond donors (Lipinski definition) is 1. The highest BCUT2D eigenvalue weighted by Gasteiger charge is 2.13. The van der Waals surface area contributed by atoms with Crippen LogP contribution in [0.3, 0.4) is 0 Å². The van der Waals surface area contributed by atoms with Gasteiger partial charge >= 0.3 is 0 Å². The van der Waals surface area contributed by atoms with E-state index in [1.54, 1.807) is 24.3 Å². The molecule has 0 aliphatic heterocycles. The van der Waals surface area contributed by atoms with Gasteiger partial charge in [0.1, 0.15) is 5.82 Å². The highest BCUT2D eigenvalue weighted by Crippen LogP contribution is 2.20. The van der Waals surface area contributed by atoms with Gasteiger partial charge in [-0.25, -0.2) is 4.39 Å². The number of aryl methyl sites for hydroxylation is 1. The Morgan fingerprint density at radius 2 is 2.00 bits per heavy atom. The minimum atomic E-state index is -0.394. The highest BCUT2D eigenvalue weighted by atomic mass is 79.9. The summed E-state index contributed by atoms with van der Waals surface area (Å²) >= 11 is 3.18. The Hall–Kier alpha value is -1.68. The molecule has 0 aliphatic rings. The molecule has 0 bridgehead atoms. The van der Waals surface area contributed by atoms with Gasteiger partial charge in [0, 0.05) is 22.1 Å². The summed E-state index contributed by atoms with van der Waals surface area (Å²) in [6.07, 6.45) is 0.00671. The Morgan fingerprint density at radius 1 is 1.26 bits per heavy atom. The lowest BCUT2D eigenvalue weighted by molar-refractivity contribution is 0.0992. The van der Waals surface area contributed by atoms with Gasteiger partial charge in [-0.3, -0.25) is 4.79 Å². The van der Waals surface area contributed by atoms with Crippen LogP contribution in [-0.2, 0) is 6.42 Å². The number of benzene rings is 2. The lowest BCUT2D eigenvalue weighted by atomic mass is 10.00. The van der Waals surface area contributed by atoms with Gasteiger partial charge in [0.25, 0.3) is 0 Å². The molecule has 0 aliphatic carbocycles. The Kier molecular flexibility index (Phi) is 4.00. The number of hydrogen-bond acceptors (Lipinski definition) is 2. The van der Waals surface area contributed by atoms with Crippen LogP contribution in [-0.4, -0.2) is 5.78 Å². The van der Waals surface area contributed by atoms with Gasteiger partial charge in [0.15, 0.2) is 5.78 Å². The molecule has 0 aromatic heterocycles. The second-order valence-electron chi connectivity index (χ2n) is 4.43. The first-order valence-corrected chi connectivity index (χ1v) is 6.60. The molecule has 0 saturated carbocycles. The Labute approximate surface area is 119 Å². The van der Waals surface area contributed by atoms with Gasteiger partial charge in [0.2, 0.25) is 0 Å². The molecule has 19 heavy (non-hydrogen) atoms. The number of carbonyl (C=O) groups is 1. The summed E-state index contributed by atoms with van der Waals surface area (Å²) in [5, 5.41) is 0. The van der Waals surface area contributed by atoms with Crippen LogP contribution >= 0.6 is 15.9 Å². The Bertz CT molecular complexity index is 640. The quantitative estimate of drug-likeness (QED) is 0.688. The topological polar surface area (TPSA) is 43.1 Å². The maximum Gasteiger partial charge on any atom is 0.169 e. The summed E-state index contributed by atoms with van der Waals surface area (Å²) in [4.78, 5) is 12.2. The molecule has 0 amide bonds. The third-order valence-electron chi connectivity index (χ3n) is 2.88. The molecule has 0 heterocycles. The number of Topliss-reactive ketones (excluding diaryl/α,β-unsaturated/α-hetero) is 1. The maximum absolute atomic E-state index is 13.7. The largest absolute Gasteiger partial charge is 0.398 e. The van der Waals surface area contributed by atoms with Crippen molar-refractivity contribution in [2.75, 3.05) is 5.73 Å². The summed E-state index contributed by atoms with van der Waals surface area (Å²) in [5.74, 6) is -0.573. The van der Waals surface area contributed by atoms with E-state index in [4.69, 9.17) is 5.73 Å². The van der Waals surface area contributed by atoms with Gasteiger partial charge in [-0.2, -0.15) is 0 Å². The zero-order valence-electron chi connectivity index (χ0n) is 10.4. The normalized spacial score (nSPS) is 10.5. The van der Waals surface area contributed by atoms with Crippen molar-refractivity contribution in [3.8, 4) is 0 Å². The summed E-state index contributed by atoms with van der Waals surface area (Å²) < 4.78 is 14.3. The molecular formula is C15H13BrFNO. The van der Waals surface area contributed by atoms with Crippen LogP contribution < -0.4 is 5.73 Å². The van der Waals surface area contributed by atoms with Crippen molar-refractivity contribution in [1.29, 1.82) is 0 Å². The second-order valence-corrected chi connectivity index (χ2v) is 5.34. The van der Waals surface area contributed by atoms with Crippen molar-refractivity contribution in [1.82, 2.24) is 0 Å². The number of halogens is 2. The van der Waals surface area contributed by atoms with Crippen molar-refractivity contribution in [3.05, 3.63) is 63.4 Å². The molecule has 0 saturated heterocycles. The summed E-state index contributed by atoms with van der Waals surface area (Å²) in [6.45, 7) is 1.89. The minimum absolute atomic E-state index is 0.00671. The van der Waals surface area contributed by atoms with E-state index >= 15 is 0 Å². The van der Waals surface area contributed by atoms with Gasteiger partial charge in [-0.1, -0.05) is 33.6 Å². The average Bonchev–Trinajstić information content (AvgIpc) is 2.35. The van der Waals surface area contributed by atoms with Crippen molar-refractivity contribution in [2.24, 2.45) is 0 Å². The van der Waals surface area contributed by atoms with E-state index in [-0.39, 0.29) is 12.2 Å². The molecule has 0 spiro atoms. The lowest BCUT2D eigenvalue weighted by Gasteiger charge is -2.07.